The lowest BCUT2D eigenvalue weighted by atomic mass is 10.0. The van der Waals surface area contributed by atoms with E-state index >= 15 is 0 Å². The molecule has 0 unspecified atom stereocenters. The van der Waals surface area contributed by atoms with E-state index in [4.69, 9.17) is 5.26 Å². The van der Waals surface area contributed by atoms with Gasteiger partial charge < -0.3 is 10.2 Å². The van der Waals surface area contributed by atoms with Gasteiger partial charge in [0.25, 0.3) is 0 Å². The Balaban J connectivity index is 2.97. The van der Waals surface area contributed by atoms with Crippen molar-refractivity contribution in [1.82, 2.24) is 4.90 Å². The van der Waals surface area contributed by atoms with E-state index in [1.807, 2.05) is 32.8 Å². The lowest BCUT2D eigenvalue weighted by Gasteiger charge is -2.33. The van der Waals surface area contributed by atoms with Crippen LogP contribution in [0.2, 0.25) is 0 Å². The van der Waals surface area contributed by atoms with Crippen LogP contribution in [-0.4, -0.2) is 31.1 Å². The summed E-state index contributed by atoms with van der Waals surface area (Å²) in [5.41, 5.74) is -1.12. The number of nitriles is 1. The van der Waals surface area contributed by atoms with E-state index in [9.17, 15) is 13.2 Å². The van der Waals surface area contributed by atoms with Crippen molar-refractivity contribution >= 4 is 5.69 Å². The van der Waals surface area contributed by atoms with Crippen LogP contribution in [0.15, 0.2) is 18.2 Å². The SMILES string of the molecule is CN(C)C(C)(C)CNc1ccc(C#N)c(C(F)(F)F)c1. The van der Waals surface area contributed by atoms with Crippen molar-refractivity contribution in [2.45, 2.75) is 25.6 Å². The van der Waals surface area contributed by atoms with Crippen LogP contribution in [0.5, 0.6) is 0 Å². The summed E-state index contributed by atoms with van der Waals surface area (Å²) in [6, 6.07) is 5.21. The van der Waals surface area contributed by atoms with Gasteiger partial charge in [-0.1, -0.05) is 0 Å². The Bertz CT molecular complexity index is 513. The number of halogens is 3. The van der Waals surface area contributed by atoms with Crippen molar-refractivity contribution in [3.8, 4) is 6.07 Å². The largest absolute Gasteiger partial charge is 0.417 e. The molecule has 1 aromatic carbocycles. The van der Waals surface area contributed by atoms with Gasteiger partial charge in [0.15, 0.2) is 0 Å². The summed E-state index contributed by atoms with van der Waals surface area (Å²) in [7, 11) is 3.81. The van der Waals surface area contributed by atoms with E-state index in [-0.39, 0.29) is 11.1 Å². The molecule has 0 radical (unpaired) electrons. The van der Waals surface area contributed by atoms with Gasteiger partial charge >= 0.3 is 6.18 Å². The average Bonchev–Trinajstić information content (AvgIpc) is 2.35. The summed E-state index contributed by atoms with van der Waals surface area (Å²) in [6.07, 6.45) is -4.53. The maximum atomic E-state index is 12.8. The highest BCUT2D eigenvalue weighted by Crippen LogP contribution is 2.33. The Labute approximate surface area is 117 Å². The number of hydrogen-bond donors (Lipinski definition) is 1. The molecule has 0 amide bonds. The molecule has 20 heavy (non-hydrogen) atoms. The highest BCUT2D eigenvalue weighted by atomic mass is 19.4. The van der Waals surface area contributed by atoms with Gasteiger partial charge in [-0.05, 0) is 46.1 Å². The minimum Gasteiger partial charge on any atom is -0.383 e. The van der Waals surface area contributed by atoms with Crippen molar-refractivity contribution in [2.75, 3.05) is 26.0 Å². The lowest BCUT2D eigenvalue weighted by Crippen LogP contribution is -2.44. The molecule has 0 saturated heterocycles. The average molecular weight is 285 g/mol. The maximum Gasteiger partial charge on any atom is 0.417 e. The molecule has 0 aliphatic carbocycles. The third kappa shape index (κ3) is 3.87. The van der Waals surface area contributed by atoms with E-state index in [2.05, 4.69) is 5.32 Å². The second-order valence-electron chi connectivity index (χ2n) is 5.43. The fourth-order valence-corrected chi connectivity index (χ4v) is 1.46. The zero-order chi connectivity index (χ0) is 15.6. The number of anilines is 1. The van der Waals surface area contributed by atoms with Crippen molar-refractivity contribution < 1.29 is 13.2 Å². The van der Waals surface area contributed by atoms with Gasteiger partial charge in [-0.25, -0.2) is 0 Å². The highest BCUT2D eigenvalue weighted by molar-refractivity contribution is 5.53. The first-order chi connectivity index (χ1) is 9.08. The normalized spacial score (nSPS) is 12.3. The first kappa shape index (κ1) is 16.3. The summed E-state index contributed by atoms with van der Waals surface area (Å²) in [5.74, 6) is 0. The predicted octanol–water partition coefficient (Wildman–Crippen LogP) is 3.33. The quantitative estimate of drug-likeness (QED) is 0.922. The highest BCUT2D eigenvalue weighted by Gasteiger charge is 2.34. The topological polar surface area (TPSA) is 39.1 Å². The molecule has 3 nitrogen and oxygen atoms in total. The fraction of sp³-hybridized carbons (Fsp3) is 0.500. The van der Waals surface area contributed by atoms with Crippen molar-refractivity contribution in [1.29, 1.82) is 5.26 Å². The van der Waals surface area contributed by atoms with E-state index in [0.717, 1.165) is 6.07 Å². The second-order valence-corrected chi connectivity index (χ2v) is 5.43. The third-order valence-electron chi connectivity index (χ3n) is 3.38. The molecular weight excluding hydrogens is 267 g/mol. The van der Waals surface area contributed by atoms with Crippen LogP contribution >= 0.6 is 0 Å². The van der Waals surface area contributed by atoms with Gasteiger partial charge in [0.1, 0.15) is 0 Å². The molecule has 0 aromatic heterocycles. The second kappa shape index (κ2) is 5.71. The molecule has 1 aromatic rings. The van der Waals surface area contributed by atoms with Crippen LogP contribution in [0.4, 0.5) is 18.9 Å². The minimum absolute atomic E-state index is 0.202. The van der Waals surface area contributed by atoms with Crippen molar-refractivity contribution in [3.05, 3.63) is 29.3 Å². The van der Waals surface area contributed by atoms with Crippen LogP contribution in [0, 0.1) is 11.3 Å². The molecule has 1 N–H and O–H groups in total. The summed E-state index contributed by atoms with van der Waals surface area (Å²) in [4.78, 5) is 1.98. The Morgan fingerprint density at radius 1 is 1.25 bits per heavy atom. The van der Waals surface area contributed by atoms with Crippen LogP contribution < -0.4 is 5.32 Å². The molecule has 0 saturated carbocycles. The first-order valence-electron chi connectivity index (χ1n) is 6.10. The van der Waals surface area contributed by atoms with Crippen LogP contribution in [-0.2, 0) is 6.18 Å². The number of likely N-dealkylation sites (N-methyl/N-ethyl adjacent to an activating group) is 1. The lowest BCUT2D eigenvalue weighted by molar-refractivity contribution is -0.137. The third-order valence-corrected chi connectivity index (χ3v) is 3.38. The van der Waals surface area contributed by atoms with Gasteiger partial charge in [-0.3, -0.25) is 0 Å². The molecule has 110 valence electrons. The van der Waals surface area contributed by atoms with Crippen molar-refractivity contribution in [3.63, 3.8) is 0 Å². The molecule has 0 aliphatic heterocycles. The van der Waals surface area contributed by atoms with Crippen LogP contribution in [0.3, 0.4) is 0 Å². The number of rotatable bonds is 4. The summed E-state index contributed by atoms with van der Waals surface area (Å²) < 4.78 is 38.5. The smallest absolute Gasteiger partial charge is 0.383 e. The zero-order valence-electron chi connectivity index (χ0n) is 12.0. The van der Waals surface area contributed by atoms with Gasteiger partial charge in [-0.2, -0.15) is 18.4 Å². The monoisotopic (exact) mass is 285 g/mol. The number of alkyl halides is 3. The summed E-state index contributed by atoms with van der Waals surface area (Å²) in [6.45, 7) is 4.45. The van der Waals surface area contributed by atoms with E-state index in [1.165, 1.54) is 12.1 Å². The molecule has 6 heteroatoms. The number of nitrogens with zero attached hydrogens (tertiary/aromatic N) is 2. The Morgan fingerprint density at radius 3 is 2.30 bits per heavy atom. The van der Waals surface area contributed by atoms with Gasteiger partial charge in [0.2, 0.25) is 0 Å². The first-order valence-corrected chi connectivity index (χ1v) is 6.10. The zero-order valence-corrected chi connectivity index (χ0v) is 12.0. The van der Waals surface area contributed by atoms with Gasteiger partial charge in [-0.15, -0.1) is 0 Å². The minimum atomic E-state index is -4.53. The molecular formula is C14H18F3N3. The summed E-state index contributed by atoms with van der Waals surface area (Å²) in [5, 5.41) is 11.7. The Kier molecular flexibility index (Phi) is 4.66. The molecule has 0 atom stereocenters. The molecule has 1 rings (SSSR count). The molecule has 0 bridgehead atoms. The number of benzene rings is 1. The van der Waals surface area contributed by atoms with Gasteiger partial charge in [0, 0.05) is 17.8 Å². The standard InChI is InChI=1S/C14H18F3N3/c1-13(2,20(3)4)9-19-11-6-5-10(8-18)12(7-11)14(15,16)17/h5-7,19H,9H2,1-4H3. The van der Waals surface area contributed by atoms with E-state index in [1.54, 1.807) is 6.07 Å². The van der Waals surface area contributed by atoms with Crippen molar-refractivity contribution in [2.24, 2.45) is 0 Å². The predicted molar refractivity (Wildman–Crippen MR) is 72.4 cm³/mol. The van der Waals surface area contributed by atoms with Crippen LogP contribution in [0.25, 0.3) is 0 Å². The Hall–Kier alpha value is -1.74. The van der Waals surface area contributed by atoms with Crippen LogP contribution in [0.1, 0.15) is 25.0 Å². The number of nitrogens with one attached hydrogen (secondary N) is 1. The molecule has 0 spiro atoms. The fourth-order valence-electron chi connectivity index (χ4n) is 1.46. The number of hydrogen-bond acceptors (Lipinski definition) is 3. The Morgan fingerprint density at radius 2 is 1.85 bits per heavy atom. The van der Waals surface area contributed by atoms with Gasteiger partial charge in [0.05, 0.1) is 17.2 Å². The van der Waals surface area contributed by atoms with E-state index in [0.29, 0.717) is 12.2 Å². The summed E-state index contributed by atoms with van der Waals surface area (Å²) >= 11 is 0. The molecule has 0 aliphatic rings. The van der Waals surface area contributed by atoms with E-state index < -0.39 is 11.7 Å². The maximum absolute atomic E-state index is 12.8. The molecule has 0 fully saturated rings. The molecule has 0 heterocycles.